The second kappa shape index (κ2) is 13.4. The van der Waals surface area contributed by atoms with Gasteiger partial charge in [-0.2, -0.15) is 0 Å². The van der Waals surface area contributed by atoms with E-state index in [1.165, 1.54) is 16.9 Å². The van der Waals surface area contributed by atoms with Crippen LogP contribution in [0.25, 0.3) is 0 Å². The molecule has 6 nitrogen and oxygen atoms in total. The number of benzene rings is 1. The normalized spacial score (nSPS) is 10.7. The van der Waals surface area contributed by atoms with E-state index >= 15 is 0 Å². The van der Waals surface area contributed by atoms with Gasteiger partial charge in [-0.25, -0.2) is 0 Å². The fraction of sp³-hybridized carbons (Fsp3) is 0.368. The molecule has 0 saturated heterocycles. The summed E-state index contributed by atoms with van der Waals surface area (Å²) < 4.78 is 5.16. The molecule has 2 rings (SSSR count). The second-order valence-electron chi connectivity index (χ2n) is 5.61. The van der Waals surface area contributed by atoms with Crippen LogP contribution in [0.4, 0.5) is 0 Å². The largest absolute Gasteiger partial charge is 0.497 e. The number of carbonyl (C=O) groups is 1. The van der Waals surface area contributed by atoms with Crippen molar-refractivity contribution in [1.82, 2.24) is 16.0 Å². The molecule has 0 saturated carbocycles. The molecule has 0 aliphatic rings. The number of hydrogen-bond acceptors (Lipinski definition) is 4. The van der Waals surface area contributed by atoms with Gasteiger partial charge in [0.15, 0.2) is 5.96 Å². The molecule has 2 aromatic rings. The lowest BCUT2D eigenvalue weighted by atomic mass is 10.1. The lowest BCUT2D eigenvalue weighted by Crippen LogP contribution is -2.39. The summed E-state index contributed by atoms with van der Waals surface area (Å²) in [5, 5.41) is 11.4. The van der Waals surface area contributed by atoms with Gasteiger partial charge in [-0.1, -0.05) is 18.2 Å². The van der Waals surface area contributed by atoms with Crippen LogP contribution in [0.2, 0.25) is 0 Å². The minimum Gasteiger partial charge on any atom is -0.497 e. The van der Waals surface area contributed by atoms with Crippen molar-refractivity contribution in [2.75, 3.05) is 33.8 Å². The third-order valence-corrected chi connectivity index (χ3v) is 4.63. The minimum atomic E-state index is -0.0120. The van der Waals surface area contributed by atoms with Gasteiger partial charge < -0.3 is 20.7 Å². The lowest BCUT2D eigenvalue weighted by Gasteiger charge is -2.12. The van der Waals surface area contributed by atoms with Crippen LogP contribution in [0, 0.1) is 0 Å². The van der Waals surface area contributed by atoms with E-state index in [0.29, 0.717) is 6.54 Å². The third kappa shape index (κ3) is 8.61. The Labute approximate surface area is 181 Å². The summed E-state index contributed by atoms with van der Waals surface area (Å²) in [6.45, 7) is 2.17. The van der Waals surface area contributed by atoms with Gasteiger partial charge in [0, 0.05) is 26.7 Å². The Kier molecular flexibility index (Phi) is 11.5. The molecule has 8 heteroatoms. The van der Waals surface area contributed by atoms with Crippen LogP contribution in [0.1, 0.15) is 21.7 Å². The van der Waals surface area contributed by atoms with Crippen molar-refractivity contribution < 1.29 is 9.53 Å². The zero-order chi connectivity index (χ0) is 18.6. The SMILES string of the molecule is CN=C(NCCCNC(=O)c1cccs1)NCCc1ccc(OC)cc1.I. The Hall–Kier alpha value is -1.81. The van der Waals surface area contributed by atoms with Crippen molar-refractivity contribution in [2.45, 2.75) is 12.8 Å². The smallest absolute Gasteiger partial charge is 0.261 e. The van der Waals surface area contributed by atoms with Crippen molar-refractivity contribution >= 4 is 47.2 Å². The summed E-state index contributed by atoms with van der Waals surface area (Å²) in [5.74, 6) is 1.62. The van der Waals surface area contributed by atoms with Crippen molar-refractivity contribution in [3.05, 3.63) is 52.2 Å². The molecule has 0 aliphatic carbocycles. The average molecular weight is 502 g/mol. The summed E-state index contributed by atoms with van der Waals surface area (Å²) in [7, 11) is 3.42. The van der Waals surface area contributed by atoms with Crippen LogP contribution in [0.15, 0.2) is 46.8 Å². The minimum absolute atomic E-state index is 0. The number of thiophene rings is 1. The number of halogens is 1. The molecule has 0 atom stereocenters. The van der Waals surface area contributed by atoms with Gasteiger partial charge in [0.05, 0.1) is 12.0 Å². The van der Waals surface area contributed by atoms with Crippen molar-refractivity contribution in [2.24, 2.45) is 4.99 Å². The lowest BCUT2D eigenvalue weighted by molar-refractivity contribution is 0.0957. The highest BCUT2D eigenvalue weighted by molar-refractivity contribution is 14.0. The van der Waals surface area contributed by atoms with E-state index in [2.05, 4.69) is 33.1 Å². The maximum absolute atomic E-state index is 11.8. The third-order valence-electron chi connectivity index (χ3n) is 3.77. The summed E-state index contributed by atoms with van der Waals surface area (Å²) >= 11 is 1.45. The topological polar surface area (TPSA) is 74.8 Å². The van der Waals surface area contributed by atoms with Gasteiger partial charge in [-0.15, -0.1) is 35.3 Å². The number of hydrogen-bond donors (Lipinski definition) is 3. The molecule has 1 aromatic carbocycles. The van der Waals surface area contributed by atoms with Crippen LogP contribution in [-0.2, 0) is 6.42 Å². The number of guanidine groups is 1. The molecule has 148 valence electrons. The summed E-state index contributed by atoms with van der Waals surface area (Å²) in [4.78, 5) is 16.8. The molecule has 0 spiro atoms. The van der Waals surface area contributed by atoms with E-state index in [1.807, 2.05) is 29.6 Å². The first-order chi connectivity index (χ1) is 12.7. The van der Waals surface area contributed by atoms with Crippen LogP contribution >= 0.6 is 35.3 Å². The molecule has 3 N–H and O–H groups in total. The Bertz CT molecular complexity index is 690. The molecule has 0 radical (unpaired) electrons. The van der Waals surface area contributed by atoms with Gasteiger partial charge in [-0.3, -0.25) is 9.79 Å². The number of carbonyl (C=O) groups excluding carboxylic acids is 1. The molecule has 0 fully saturated rings. The number of nitrogens with one attached hydrogen (secondary N) is 3. The van der Waals surface area contributed by atoms with E-state index in [1.54, 1.807) is 14.2 Å². The Morgan fingerprint density at radius 2 is 1.78 bits per heavy atom. The number of amides is 1. The Morgan fingerprint density at radius 3 is 2.41 bits per heavy atom. The predicted octanol–water partition coefficient (Wildman–Crippen LogP) is 2.90. The molecule has 27 heavy (non-hydrogen) atoms. The van der Waals surface area contributed by atoms with E-state index < -0.39 is 0 Å². The van der Waals surface area contributed by atoms with Crippen molar-refractivity contribution in [3.8, 4) is 5.75 Å². The number of rotatable bonds is 9. The van der Waals surface area contributed by atoms with E-state index in [0.717, 1.165) is 42.5 Å². The zero-order valence-corrected chi connectivity index (χ0v) is 18.8. The van der Waals surface area contributed by atoms with Crippen LogP contribution in [-0.4, -0.2) is 45.7 Å². The van der Waals surface area contributed by atoms with E-state index in [-0.39, 0.29) is 29.9 Å². The monoisotopic (exact) mass is 502 g/mol. The van der Waals surface area contributed by atoms with Crippen LogP contribution in [0.3, 0.4) is 0 Å². The van der Waals surface area contributed by atoms with Gasteiger partial charge in [0.2, 0.25) is 0 Å². The highest BCUT2D eigenvalue weighted by Crippen LogP contribution is 2.11. The number of nitrogens with zero attached hydrogens (tertiary/aromatic N) is 1. The summed E-state index contributed by atoms with van der Waals surface area (Å²) in [5.41, 5.74) is 1.24. The Balaban J connectivity index is 0.00000364. The molecule has 1 heterocycles. The molecule has 0 bridgehead atoms. The van der Waals surface area contributed by atoms with Crippen molar-refractivity contribution in [3.63, 3.8) is 0 Å². The first-order valence-electron chi connectivity index (χ1n) is 8.62. The number of methoxy groups -OCH3 is 1. The van der Waals surface area contributed by atoms with Gasteiger partial charge >= 0.3 is 0 Å². The quantitative estimate of drug-likeness (QED) is 0.214. The number of ether oxygens (including phenoxy) is 1. The molecule has 0 unspecified atom stereocenters. The Morgan fingerprint density at radius 1 is 1.07 bits per heavy atom. The van der Waals surface area contributed by atoms with E-state index in [4.69, 9.17) is 4.74 Å². The maximum atomic E-state index is 11.8. The number of aliphatic imine (C=N–C) groups is 1. The summed E-state index contributed by atoms with van der Waals surface area (Å²) in [6.07, 6.45) is 1.73. The first kappa shape index (κ1) is 23.2. The van der Waals surface area contributed by atoms with Crippen LogP contribution in [0.5, 0.6) is 5.75 Å². The molecule has 1 amide bonds. The molecule has 0 aliphatic heterocycles. The van der Waals surface area contributed by atoms with Gasteiger partial charge in [0.1, 0.15) is 5.75 Å². The average Bonchev–Trinajstić information content (AvgIpc) is 3.21. The highest BCUT2D eigenvalue weighted by Gasteiger charge is 2.04. The standard InChI is InChI=1S/C19H26N4O2S.HI/c1-20-19(23-13-10-15-6-8-16(25-2)9-7-15)22-12-4-11-21-18(24)17-5-3-14-26-17;/h3,5-9,14H,4,10-13H2,1-2H3,(H,21,24)(H2,20,22,23);1H. The molecule has 1 aromatic heterocycles. The zero-order valence-electron chi connectivity index (χ0n) is 15.7. The molecular formula is C19H27IN4O2S. The van der Waals surface area contributed by atoms with E-state index in [9.17, 15) is 4.79 Å². The first-order valence-corrected chi connectivity index (χ1v) is 9.50. The highest BCUT2D eigenvalue weighted by atomic mass is 127. The molecular weight excluding hydrogens is 475 g/mol. The summed E-state index contributed by atoms with van der Waals surface area (Å²) in [6, 6.07) is 11.8. The predicted molar refractivity (Wildman–Crippen MR) is 123 cm³/mol. The van der Waals surface area contributed by atoms with Gasteiger partial charge in [0.25, 0.3) is 5.91 Å². The fourth-order valence-electron chi connectivity index (χ4n) is 2.33. The van der Waals surface area contributed by atoms with Crippen LogP contribution < -0.4 is 20.7 Å². The maximum Gasteiger partial charge on any atom is 0.261 e. The fourth-order valence-corrected chi connectivity index (χ4v) is 2.97. The van der Waals surface area contributed by atoms with Gasteiger partial charge in [-0.05, 0) is 42.0 Å². The second-order valence-corrected chi connectivity index (χ2v) is 6.56. The van der Waals surface area contributed by atoms with Crippen molar-refractivity contribution in [1.29, 1.82) is 0 Å².